The summed E-state index contributed by atoms with van der Waals surface area (Å²) in [7, 11) is 1.45. The van der Waals surface area contributed by atoms with E-state index in [1.54, 1.807) is 25.1 Å². The number of carbonyl (C=O) groups excluding carboxylic acids is 1. The van der Waals surface area contributed by atoms with E-state index in [0.717, 1.165) is 5.56 Å². The molecule has 0 aromatic heterocycles. The van der Waals surface area contributed by atoms with Crippen molar-refractivity contribution >= 4 is 5.91 Å². The molecule has 4 nitrogen and oxygen atoms in total. The molecular weight excluding hydrogens is 285 g/mol. The van der Waals surface area contributed by atoms with Crippen molar-refractivity contribution in [1.82, 2.24) is 5.32 Å². The van der Waals surface area contributed by atoms with Crippen molar-refractivity contribution in [3.05, 3.63) is 29.3 Å². The van der Waals surface area contributed by atoms with Crippen LogP contribution in [0.3, 0.4) is 0 Å². The van der Waals surface area contributed by atoms with Gasteiger partial charge in [-0.25, -0.2) is 0 Å². The van der Waals surface area contributed by atoms with Gasteiger partial charge < -0.3 is 15.8 Å². The third kappa shape index (κ3) is 3.66. The molecule has 7 heteroatoms. The summed E-state index contributed by atoms with van der Waals surface area (Å²) >= 11 is 0. The number of ether oxygens (including phenoxy) is 1. The Labute approximate surface area is 121 Å². The Balaban J connectivity index is 2.99. The van der Waals surface area contributed by atoms with Gasteiger partial charge in [-0.3, -0.25) is 4.79 Å². The molecule has 2 unspecified atom stereocenters. The lowest BCUT2D eigenvalue weighted by Crippen LogP contribution is -2.61. The second kappa shape index (κ2) is 5.93. The number of nitrogens with two attached hydrogens (primary N) is 1. The summed E-state index contributed by atoms with van der Waals surface area (Å²) < 4.78 is 43.4. The summed E-state index contributed by atoms with van der Waals surface area (Å²) in [6.07, 6.45) is -4.83. The Morgan fingerprint density at radius 1 is 1.38 bits per heavy atom. The molecule has 21 heavy (non-hydrogen) atoms. The van der Waals surface area contributed by atoms with Gasteiger partial charge in [-0.15, -0.1) is 0 Å². The lowest BCUT2D eigenvalue weighted by Gasteiger charge is -2.28. The fourth-order valence-electron chi connectivity index (χ4n) is 1.75. The highest BCUT2D eigenvalue weighted by molar-refractivity contribution is 5.87. The number of alkyl halides is 3. The van der Waals surface area contributed by atoms with Crippen LogP contribution in [0.5, 0.6) is 5.75 Å². The van der Waals surface area contributed by atoms with Crippen LogP contribution in [0.25, 0.3) is 0 Å². The van der Waals surface area contributed by atoms with E-state index >= 15 is 0 Å². The van der Waals surface area contributed by atoms with Crippen molar-refractivity contribution < 1.29 is 22.7 Å². The summed E-state index contributed by atoms with van der Waals surface area (Å²) in [5.74, 6) is -0.801. The van der Waals surface area contributed by atoms with Crippen LogP contribution in [0.1, 0.15) is 31.0 Å². The van der Waals surface area contributed by atoms with Crippen LogP contribution in [0.4, 0.5) is 13.2 Å². The van der Waals surface area contributed by atoms with Crippen LogP contribution in [0.2, 0.25) is 0 Å². The van der Waals surface area contributed by atoms with E-state index in [1.807, 2.05) is 6.92 Å². The maximum atomic E-state index is 12.7. The number of benzene rings is 1. The Morgan fingerprint density at radius 3 is 2.43 bits per heavy atom. The smallest absolute Gasteiger partial charge is 0.415 e. The highest BCUT2D eigenvalue weighted by Crippen LogP contribution is 2.30. The van der Waals surface area contributed by atoms with Crippen molar-refractivity contribution in [2.75, 3.05) is 7.11 Å². The van der Waals surface area contributed by atoms with Gasteiger partial charge in [0.1, 0.15) is 5.75 Å². The van der Waals surface area contributed by atoms with Gasteiger partial charge in [-0.05, 0) is 26.8 Å². The Hall–Kier alpha value is -1.76. The fourth-order valence-corrected chi connectivity index (χ4v) is 1.75. The maximum absolute atomic E-state index is 12.7. The number of methoxy groups -OCH3 is 1. The predicted molar refractivity (Wildman–Crippen MR) is 72.9 cm³/mol. The first kappa shape index (κ1) is 17.3. The van der Waals surface area contributed by atoms with Gasteiger partial charge in [0, 0.05) is 5.56 Å². The molecule has 0 bridgehead atoms. The third-order valence-corrected chi connectivity index (χ3v) is 3.26. The number of aryl methyl sites for hydroxylation is 1. The molecule has 1 rings (SSSR count). The van der Waals surface area contributed by atoms with Gasteiger partial charge in [0.2, 0.25) is 5.91 Å². The zero-order chi connectivity index (χ0) is 16.4. The number of hydrogen-bond donors (Lipinski definition) is 2. The minimum absolute atomic E-state index is 0.485. The first-order valence-corrected chi connectivity index (χ1v) is 6.31. The first-order valence-electron chi connectivity index (χ1n) is 6.31. The molecule has 0 radical (unpaired) electrons. The summed E-state index contributed by atoms with van der Waals surface area (Å²) in [5, 5.41) is 2.28. The molecule has 2 atom stereocenters. The highest BCUT2D eigenvalue weighted by Gasteiger charge is 2.54. The molecule has 0 spiro atoms. The molecule has 1 aromatic rings. The minimum atomic E-state index is -4.83. The van der Waals surface area contributed by atoms with Crippen molar-refractivity contribution in [1.29, 1.82) is 0 Å². The zero-order valence-electron chi connectivity index (χ0n) is 12.3. The fraction of sp³-hybridized carbons (Fsp3) is 0.500. The number of hydrogen-bond acceptors (Lipinski definition) is 3. The van der Waals surface area contributed by atoms with Crippen LogP contribution in [0, 0.1) is 6.92 Å². The number of rotatable bonds is 4. The van der Waals surface area contributed by atoms with Gasteiger partial charge in [0.15, 0.2) is 5.54 Å². The lowest BCUT2D eigenvalue weighted by atomic mass is 9.99. The maximum Gasteiger partial charge on any atom is 0.415 e. The topological polar surface area (TPSA) is 64.3 Å². The van der Waals surface area contributed by atoms with Crippen LogP contribution in [0.15, 0.2) is 18.2 Å². The molecule has 0 fully saturated rings. The summed E-state index contributed by atoms with van der Waals surface area (Å²) in [5.41, 5.74) is 3.64. The van der Waals surface area contributed by atoms with Gasteiger partial charge in [0.05, 0.1) is 13.2 Å². The van der Waals surface area contributed by atoms with E-state index in [9.17, 15) is 18.0 Å². The second-order valence-electron chi connectivity index (χ2n) is 5.14. The molecule has 1 amide bonds. The van der Waals surface area contributed by atoms with E-state index in [4.69, 9.17) is 10.5 Å². The Bertz CT molecular complexity index is 527. The average molecular weight is 304 g/mol. The van der Waals surface area contributed by atoms with E-state index < -0.39 is 23.7 Å². The highest BCUT2D eigenvalue weighted by atomic mass is 19.4. The standard InChI is InChI=1S/C14H19F3N2O2/c1-8-5-6-11(21-4)10(7-8)9(2)19-12(20)13(3,18)14(15,16)17/h5-7,9H,18H2,1-4H3,(H,19,20). The molecule has 0 aliphatic heterocycles. The van der Waals surface area contributed by atoms with E-state index in [2.05, 4.69) is 5.32 Å². The molecule has 1 aromatic carbocycles. The van der Waals surface area contributed by atoms with Crippen molar-refractivity contribution in [3.63, 3.8) is 0 Å². The number of carbonyl (C=O) groups is 1. The first-order chi connectivity index (χ1) is 9.50. The van der Waals surface area contributed by atoms with Crippen LogP contribution >= 0.6 is 0 Å². The number of nitrogens with one attached hydrogen (secondary N) is 1. The van der Waals surface area contributed by atoms with Crippen LogP contribution < -0.4 is 15.8 Å². The quantitative estimate of drug-likeness (QED) is 0.898. The number of halogens is 3. The molecule has 0 aliphatic rings. The molecule has 0 saturated carbocycles. The molecule has 0 aliphatic carbocycles. The minimum Gasteiger partial charge on any atom is -0.496 e. The SMILES string of the molecule is COc1ccc(C)cc1C(C)NC(=O)C(C)(N)C(F)(F)F. The predicted octanol–water partition coefficient (Wildman–Crippen LogP) is 2.46. The van der Waals surface area contributed by atoms with E-state index in [1.165, 1.54) is 7.11 Å². The normalized spacial score (nSPS) is 16.0. The van der Waals surface area contributed by atoms with Gasteiger partial charge >= 0.3 is 6.18 Å². The third-order valence-electron chi connectivity index (χ3n) is 3.26. The lowest BCUT2D eigenvalue weighted by molar-refractivity contribution is -0.187. The Morgan fingerprint density at radius 2 is 1.95 bits per heavy atom. The molecule has 0 saturated heterocycles. The van der Waals surface area contributed by atoms with E-state index in [-0.39, 0.29) is 0 Å². The van der Waals surface area contributed by atoms with Crippen molar-refractivity contribution in [2.24, 2.45) is 5.73 Å². The average Bonchev–Trinajstić information content (AvgIpc) is 2.37. The summed E-state index contributed by atoms with van der Waals surface area (Å²) in [6.45, 7) is 4.05. The number of amides is 1. The van der Waals surface area contributed by atoms with Gasteiger partial charge in [-0.2, -0.15) is 13.2 Å². The van der Waals surface area contributed by atoms with E-state index in [0.29, 0.717) is 18.2 Å². The van der Waals surface area contributed by atoms with Crippen LogP contribution in [-0.4, -0.2) is 24.7 Å². The van der Waals surface area contributed by atoms with Crippen molar-refractivity contribution in [3.8, 4) is 5.75 Å². The largest absolute Gasteiger partial charge is 0.496 e. The molecular formula is C14H19F3N2O2. The molecule has 0 heterocycles. The zero-order valence-corrected chi connectivity index (χ0v) is 12.3. The second-order valence-corrected chi connectivity index (χ2v) is 5.14. The van der Waals surface area contributed by atoms with Gasteiger partial charge in [0.25, 0.3) is 0 Å². The summed E-state index contributed by atoms with van der Waals surface area (Å²) in [4.78, 5) is 11.8. The monoisotopic (exact) mass is 304 g/mol. The van der Waals surface area contributed by atoms with Crippen molar-refractivity contribution in [2.45, 2.75) is 38.5 Å². The Kier molecular flexibility index (Phi) is 4.88. The van der Waals surface area contributed by atoms with Gasteiger partial charge in [-0.1, -0.05) is 17.7 Å². The molecule has 118 valence electrons. The molecule has 3 N–H and O–H groups in total. The summed E-state index contributed by atoms with van der Waals surface area (Å²) in [6, 6.07) is 4.57. The van der Waals surface area contributed by atoms with Crippen LogP contribution in [-0.2, 0) is 4.79 Å².